The first kappa shape index (κ1) is 13.5. The van der Waals surface area contributed by atoms with Crippen LogP contribution in [0.1, 0.15) is 5.56 Å². The van der Waals surface area contributed by atoms with Crippen molar-refractivity contribution in [3.05, 3.63) is 62.8 Å². The number of hydrogen-bond donors (Lipinski definition) is 1. The highest BCUT2D eigenvalue weighted by atomic mass is 35.5. The molecule has 5 heteroatoms. The summed E-state index contributed by atoms with van der Waals surface area (Å²) in [6.07, 6.45) is 0. The number of rotatable bonds is 3. The zero-order valence-corrected chi connectivity index (χ0v) is 11.5. The summed E-state index contributed by atoms with van der Waals surface area (Å²) in [4.78, 5) is 0. The van der Waals surface area contributed by atoms with Crippen LogP contribution in [-0.2, 0) is 6.54 Å². The summed E-state index contributed by atoms with van der Waals surface area (Å²) in [6, 6.07) is 9.45. The fourth-order valence-electron chi connectivity index (χ4n) is 1.52. The second kappa shape index (κ2) is 5.79. The Bertz CT molecular complexity index is 552. The Morgan fingerprint density at radius 3 is 2.22 bits per heavy atom. The minimum Gasteiger partial charge on any atom is -0.380 e. The van der Waals surface area contributed by atoms with Gasteiger partial charge in [0.1, 0.15) is 5.82 Å². The molecule has 0 aliphatic rings. The smallest absolute Gasteiger partial charge is 0.124 e. The fourth-order valence-corrected chi connectivity index (χ4v) is 2.28. The van der Waals surface area contributed by atoms with Gasteiger partial charge in [0, 0.05) is 22.2 Å². The summed E-state index contributed by atoms with van der Waals surface area (Å²) in [6.45, 7) is 0.420. The van der Waals surface area contributed by atoms with Crippen LogP contribution in [0.2, 0.25) is 15.1 Å². The number of nitrogens with one attached hydrogen (secondary N) is 1. The average molecular weight is 305 g/mol. The molecule has 0 aliphatic carbocycles. The SMILES string of the molecule is Fc1ccc(NCc2c(Cl)cccc2Cl)c(Cl)c1. The van der Waals surface area contributed by atoms with Gasteiger partial charge in [0.25, 0.3) is 0 Å². The Balaban J connectivity index is 2.16. The van der Waals surface area contributed by atoms with Crippen LogP contribution in [0.3, 0.4) is 0 Å². The monoisotopic (exact) mass is 303 g/mol. The highest BCUT2D eigenvalue weighted by Crippen LogP contribution is 2.27. The Hall–Kier alpha value is -0.960. The summed E-state index contributed by atoms with van der Waals surface area (Å²) >= 11 is 18.0. The lowest BCUT2D eigenvalue weighted by molar-refractivity contribution is 0.628. The molecule has 1 nitrogen and oxygen atoms in total. The molecule has 0 heterocycles. The first-order valence-corrected chi connectivity index (χ1v) is 6.33. The molecule has 0 aliphatic heterocycles. The van der Waals surface area contributed by atoms with E-state index in [0.717, 1.165) is 5.56 Å². The molecule has 18 heavy (non-hydrogen) atoms. The van der Waals surface area contributed by atoms with Crippen LogP contribution in [0, 0.1) is 5.82 Å². The van der Waals surface area contributed by atoms with Gasteiger partial charge in [0.2, 0.25) is 0 Å². The third kappa shape index (κ3) is 3.08. The van der Waals surface area contributed by atoms with Gasteiger partial charge in [0.15, 0.2) is 0 Å². The minimum absolute atomic E-state index is 0.318. The van der Waals surface area contributed by atoms with E-state index >= 15 is 0 Å². The summed E-state index contributed by atoms with van der Waals surface area (Å²) in [5, 5.41) is 4.54. The van der Waals surface area contributed by atoms with Crippen molar-refractivity contribution in [2.24, 2.45) is 0 Å². The molecule has 0 bridgehead atoms. The van der Waals surface area contributed by atoms with E-state index in [0.29, 0.717) is 27.3 Å². The predicted molar refractivity (Wildman–Crippen MR) is 75.2 cm³/mol. The second-order valence-electron chi connectivity index (χ2n) is 3.68. The maximum atomic E-state index is 12.9. The molecule has 0 unspecified atom stereocenters. The highest BCUT2D eigenvalue weighted by molar-refractivity contribution is 6.36. The topological polar surface area (TPSA) is 12.0 Å². The van der Waals surface area contributed by atoms with Gasteiger partial charge in [-0.05, 0) is 30.3 Å². The lowest BCUT2D eigenvalue weighted by Crippen LogP contribution is -2.01. The standard InChI is InChI=1S/C13H9Cl3FN/c14-10-2-1-3-11(15)9(10)7-18-13-5-4-8(17)6-12(13)16/h1-6,18H,7H2. The first-order valence-electron chi connectivity index (χ1n) is 5.20. The van der Waals surface area contributed by atoms with Gasteiger partial charge in [-0.1, -0.05) is 40.9 Å². The van der Waals surface area contributed by atoms with Crippen molar-refractivity contribution in [1.82, 2.24) is 0 Å². The number of anilines is 1. The first-order chi connectivity index (χ1) is 8.58. The molecule has 2 aromatic carbocycles. The Labute approximate surface area is 119 Å². The lowest BCUT2D eigenvalue weighted by Gasteiger charge is -2.11. The van der Waals surface area contributed by atoms with E-state index < -0.39 is 0 Å². The third-order valence-electron chi connectivity index (χ3n) is 2.45. The van der Waals surface area contributed by atoms with Gasteiger partial charge in [-0.2, -0.15) is 0 Å². The predicted octanol–water partition coefficient (Wildman–Crippen LogP) is 5.40. The Morgan fingerprint density at radius 1 is 0.944 bits per heavy atom. The van der Waals surface area contributed by atoms with Crippen LogP contribution < -0.4 is 5.32 Å². The van der Waals surface area contributed by atoms with Gasteiger partial charge < -0.3 is 5.32 Å². The van der Waals surface area contributed by atoms with E-state index in [-0.39, 0.29) is 5.82 Å². The molecule has 0 atom stereocenters. The van der Waals surface area contributed by atoms with Gasteiger partial charge in [-0.25, -0.2) is 4.39 Å². The molecule has 0 amide bonds. The molecule has 94 valence electrons. The Morgan fingerprint density at radius 2 is 1.61 bits per heavy atom. The van der Waals surface area contributed by atoms with Crippen molar-refractivity contribution in [3.63, 3.8) is 0 Å². The van der Waals surface area contributed by atoms with Crippen molar-refractivity contribution in [2.45, 2.75) is 6.54 Å². The zero-order valence-electron chi connectivity index (χ0n) is 9.18. The van der Waals surface area contributed by atoms with E-state index in [9.17, 15) is 4.39 Å². The van der Waals surface area contributed by atoms with Gasteiger partial charge in [-0.3, -0.25) is 0 Å². The molecule has 1 N–H and O–H groups in total. The number of hydrogen-bond acceptors (Lipinski definition) is 1. The van der Waals surface area contributed by atoms with Crippen molar-refractivity contribution in [1.29, 1.82) is 0 Å². The normalized spacial score (nSPS) is 10.4. The van der Waals surface area contributed by atoms with Gasteiger partial charge in [-0.15, -0.1) is 0 Å². The van der Waals surface area contributed by atoms with Crippen LogP contribution in [0.5, 0.6) is 0 Å². The number of benzene rings is 2. The molecule has 0 spiro atoms. The summed E-state index contributed by atoms with van der Waals surface area (Å²) in [5.74, 6) is -0.374. The van der Waals surface area contributed by atoms with Gasteiger partial charge in [0.05, 0.1) is 10.7 Å². The summed E-state index contributed by atoms with van der Waals surface area (Å²) in [7, 11) is 0. The van der Waals surface area contributed by atoms with E-state index in [1.165, 1.54) is 12.1 Å². The van der Waals surface area contributed by atoms with E-state index in [1.54, 1.807) is 24.3 Å². The van der Waals surface area contributed by atoms with Crippen molar-refractivity contribution in [2.75, 3.05) is 5.32 Å². The largest absolute Gasteiger partial charge is 0.380 e. The highest BCUT2D eigenvalue weighted by Gasteiger charge is 2.07. The maximum Gasteiger partial charge on any atom is 0.124 e. The van der Waals surface area contributed by atoms with Crippen LogP contribution in [0.4, 0.5) is 10.1 Å². The molecule has 0 saturated carbocycles. The van der Waals surface area contributed by atoms with Crippen LogP contribution in [0.25, 0.3) is 0 Å². The molecule has 0 fully saturated rings. The van der Waals surface area contributed by atoms with E-state index in [2.05, 4.69) is 5.32 Å². The molecular weight excluding hydrogens is 296 g/mol. The minimum atomic E-state index is -0.374. The maximum absolute atomic E-state index is 12.9. The zero-order chi connectivity index (χ0) is 13.1. The average Bonchev–Trinajstić information content (AvgIpc) is 2.31. The molecule has 2 rings (SSSR count). The van der Waals surface area contributed by atoms with Crippen LogP contribution in [0.15, 0.2) is 36.4 Å². The molecule has 0 saturated heterocycles. The molecule has 0 radical (unpaired) electrons. The molecular formula is C13H9Cl3FN. The van der Waals surface area contributed by atoms with E-state index in [4.69, 9.17) is 34.8 Å². The summed E-state index contributed by atoms with van der Waals surface area (Å²) in [5.41, 5.74) is 1.41. The third-order valence-corrected chi connectivity index (χ3v) is 3.47. The second-order valence-corrected chi connectivity index (χ2v) is 4.90. The van der Waals surface area contributed by atoms with Gasteiger partial charge >= 0.3 is 0 Å². The lowest BCUT2D eigenvalue weighted by atomic mass is 10.2. The Kier molecular flexibility index (Phi) is 4.33. The van der Waals surface area contributed by atoms with Crippen LogP contribution in [-0.4, -0.2) is 0 Å². The number of halogens is 4. The van der Waals surface area contributed by atoms with Crippen molar-refractivity contribution in [3.8, 4) is 0 Å². The quantitative estimate of drug-likeness (QED) is 0.800. The summed E-state index contributed by atoms with van der Waals surface area (Å²) < 4.78 is 12.9. The van der Waals surface area contributed by atoms with Crippen molar-refractivity contribution < 1.29 is 4.39 Å². The van der Waals surface area contributed by atoms with E-state index in [1.807, 2.05) is 0 Å². The molecule has 0 aromatic heterocycles. The van der Waals surface area contributed by atoms with Crippen molar-refractivity contribution >= 4 is 40.5 Å². The molecule has 2 aromatic rings. The van der Waals surface area contributed by atoms with Crippen LogP contribution >= 0.6 is 34.8 Å². The fraction of sp³-hybridized carbons (Fsp3) is 0.0769.